The lowest BCUT2D eigenvalue weighted by molar-refractivity contribution is 0.251. The summed E-state index contributed by atoms with van der Waals surface area (Å²) in [5.74, 6) is -0.341. The molecule has 1 aromatic carbocycles. The van der Waals surface area contributed by atoms with Crippen molar-refractivity contribution in [1.29, 1.82) is 0 Å². The van der Waals surface area contributed by atoms with Gasteiger partial charge in [0.25, 0.3) is 0 Å². The van der Waals surface area contributed by atoms with E-state index in [0.29, 0.717) is 5.69 Å². The van der Waals surface area contributed by atoms with Crippen LogP contribution in [0.2, 0.25) is 0 Å². The van der Waals surface area contributed by atoms with Crippen molar-refractivity contribution >= 4 is 11.7 Å². The van der Waals surface area contributed by atoms with Gasteiger partial charge in [-0.3, -0.25) is 0 Å². The van der Waals surface area contributed by atoms with Gasteiger partial charge in [-0.2, -0.15) is 9.78 Å². The minimum absolute atomic E-state index is 0.341. The Morgan fingerprint density at radius 3 is 2.67 bits per heavy atom. The number of carbonyl (C=O) groups excluding carboxylic acids is 1. The molecule has 0 bridgehead atoms. The Balaban J connectivity index is 2.09. The molecule has 0 atom stereocenters. The molecule has 0 aliphatic heterocycles. The third-order valence-corrected chi connectivity index (χ3v) is 1.81. The predicted molar refractivity (Wildman–Crippen MR) is 53.0 cm³/mol. The number of hydrogen-bond donors (Lipinski definition) is 1. The van der Waals surface area contributed by atoms with E-state index in [1.807, 2.05) is 0 Å². The Morgan fingerprint density at radius 2 is 2.07 bits per heavy atom. The highest BCUT2D eigenvalue weighted by Crippen LogP contribution is 2.08. The summed E-state index contributed by atoms with van der Waals surface area (Å²) < 4.78 is 13.7. The van der Waals surface area contributed by atoms with Crippen molar-refractivity contribution in [2.24, 2.45) is 0 Å². The van der Waals surface area contributed by atoms with Gasteiger partial charge in [0.2, 0.25) is 0 Å². The number of halogens is 1. The summed E-state index contributed by atoms with van der Waals surface area (Å²) in [4.78, 5) is 11.5. The van der Waals surface area contributed by atoms with Crippen molar-refractivity contribution in [2.45, 2.75) is 0 Å². The van der Waals surface area contributed by atoms with Crippen LogP contribution in [0.4, 0.5) is 14.9 Å². The molecular weight excluding hydrogens is 197 g/mol. The first-order valence-electron chi connectivity index (χ1n) is 4.32. The lowest BCUT2D eigenvalue weighted by atomic mass is 10.3. The number of aromatic nitrogens is 2. The average molecular weight is 205 g/mol. The Labute approximate surface area is 85.3 Å². The average Bonchev–Trinajstić information content (AvgIpc) is 2.74. The molecule has 1 heterocycles. The largest absolute Gasteiger partial charge is 0.346 e. The number of amides is 1. The monoisotopic (exact) mass is 205 g/mol. The van der Waals surface area contributed by atoms with Crippen LogP contribution in [-0.2, 0) is 0 Å². The molecule has 0 saturated carbocycles. The zero-order valence-electron chi connectivity index (χ0n) is 7.72. The van der Waals surface area contributed by atoms with E-state index in [0.717, 1.165) is 4.68 Å². The predicted octanol–water partition coefficient (Wildman–Crippen LogP) is 2.10. The summed E-state index contributed by atoms with van der Waals surface area (Å²) in [5, 5.41) is 6.33. The van der Waals surface area contributed by atoms with Gasteiger partial charge in [0.15, 0.2) is 0 Å². The molecule has 0 aliphatic rings. The highest BCUT2D eigenvalue weighted by molar-refractivity contribution is 5.90. The maximum absolute atomic E-state index is 12.6. The SMILES string of the molecule is O=C(Nc1ccc(F)cc1)n1cccn1. The van der Waals surface area contributed by atoms with Crippen molar-refractivity contribution in [3.8, 4) is 0 Å². The number of rotatable bonds is 1. The minimum Gasteiger partial charge on any atom is -0.306 e. The summed E-state index contributed by atoms with van der Waals surface area (Å²) in [6, 6.07) is 6.78. The molecule has 0 spiro atoms. The lowest BCUT2D eigenvalue weighted by Crippen LogP contribution is -2.19. The Bertz CT molecular complexity index is 450. The van der Waals surface area contributed by atoms with Gasteiger partial charge in [0.1, 0.15) is 5.82 Å². The van der Waals surface area contributed by atoms with Gasteiger partial charge in [-0.05, 0) is 30.3 Å². The second-order valence-electron chi connectivity index (χ2n) is 2.89. The van der Waals surface area contributed by atoms with Crippen LogP contribution >= 0.6 is 0 Å². The molecule has 2 aromatic rings. The summed E-state index contributed by atoms with van der Waals surface area (Å²) in [6.45, 7) is 0. The number of anilines is 1. The van der Waals surface area contributed by atoms with Crippen LogP contribution in [0.5, 0.6) is 0 Å². The number of nitrogens with one attached hydrogen (secondary N) is 1. The first-order chi connectivity index (χ1) is 7.25. The quantitative estimate of drug-likeness (QED) is 0.774. The maximum Gasteiger partial charge on any atom is 0.346 e. The first-order valence-corrected chi connectivity index (χ1v) is 4.32. The minimum atomic E-state index is -0.383. The van der Waals surface area contributed by atoms with Crippen LogP contribution in [0.1, 0.15) is 0 Å². The van der Waals surface area contributed by atoms with Gasteiger partial charge >= 0.3 is 6.03 Å². The van der Waals surface area contributed by atoms with Gasteiger partial charge in [0.05, 0.1) is 0 Å². The van der Waals surface area contributed by atoms with Crippen molar-refractivity contribution in [1.82, 2.24) is 9.78 Å². The van der Waals surface area contributed by atoms with E-state index < -0.39 is 0 Å². The van der Waals surface area contributed by atoms with Crippen LogP contribution in [-0.4, -0.2) is 15.8 Å². The van der Waals surface area contributed by atoms with E-state index in [1.54, 1.807) is 6.07 Å². The summed E-state index contributed by atoms with van der Waals surface area (Å²) in [5.41, 5.74) is 0.525. The molecule has 0 saturated heterocycles. The highest BCUT2D eigenvalue weighted by atomic mass is 19.1. The number of carbonyl (C=O) groups is 1. The van der Waals surface area contributed by atoms with E-state index in [2.05, 4.69) is 10.4 Å². The Kier molecular flexibility index (Phi) is 2.45. The zero-order valence-corrected chi connectivity index (χ0v) is 7.72. The molecule has 1 aromatic heterocycles. The van der Waals surface area contributed by atoms with E-state index in [4.69, 9.17) is 0 Å². The second kappa shape index (κ2) is 3.91. The maximum atomic E-state index is 12.6. The molecule has 0 radical (unpaired) electrons. The first kappa shape index (κ1) is 9.39. The van der Waals surface area contributed by atoms with E-state index in [1.165, 1.54) is 36.7 Å². The molecule has 1 amide bonds. The second-order valence-corrected chi connectivity index (χ2v) is 2.89. The zero-order chi connectivity index (χ0) is 10.7. The molecule has 1 N–H and O–H groups in total. The van der Waals surface area contributed by atoms with Crippen LogP contribution < -0.4 is 5.32 Å². The third kappa shape index (κ3) is 2.19. The molecule has 76 valence electrons. The molecule has 4 nitrogen and oxygen atoms in total. The fourth-order valence-electron chi connectivity index (χ4n) is 1.10. The number of hydrogen-bond acceptors (Lipinski definition) is 2. The van der Waals surface area contributed by atoms with Crippen molar-refractivity contribution in [2.75, 3.05) is 5.32 Å². The smallest absolute Gasteiger partial charge is 0.306 e. The highest BCUT2D eigenvalue weighted by Gasteiger charge is 2.03. The fraction of sp³-hybridized carbons (Fsp3) is 0. The number of nitrogens with zero attached hydrogens (tertiary/aromatic N) is 2. The topological polar surface area (TPSA) is 46.9 Å². The normalized spacial score (nSPS) is 9.93. The summed E-state index contributed by atoms with van der Waals surface area (Å²) in [7, 11) is 0. The third-order valence-electron chi connectivity index (χ3n) is 1.81. The number of benzene rings is 1. The van der Waals surface area contributed by atoms with Gasteiger partial charge in [-0.25, -0.2) is 9.18 Å². The molecule has 2 rings (SSSR count). The molecule has 15 heavy (non-hydrogen) atoms. The van der Waals surface area contributed by atoms with Gasteiger partial charge < -0.3 is 5.32 Å². The molecule has 0 aliphatic carbocycles. The van der Waals surface area contributed by atoms with Gasteiger partial charge in [0, 0.05) is 18.1 Å². The van der Waals surface area contributed by atoms with Crippen LogP contribution in [0, 0.1) is 5.82 Å². The molecular formula is C10H8FN3O. The van der Waals surface area contributed by atoms with Crippen molar-refractivity contribution in [3.05, 3.63) is 48.5 Å². The van der Waals surface area contributed by atoms with Crippen molar-refractivity contribution < 1.29 is 9.18 Å². The Hall–Kier alpha value is -2.17. The molecule has 0 unspecified atom stereocenters. The fourth-order valence-corrected chi connectivity index (χ4v) is 1.10. The van der Waals surface area contributed by atoms with E-state index in [-0.39, 0.29) is 11.8 Å². The lowest BCUT2D eigenvalue weighted by Gasteiger charge is -2.03. The standard InChI is InChI=1S/C10H8FN3O/c11-8-2-4-9(5-3-8)13-10(15)14-7-1-6-12-14/h1-7H,(H,13,15). The van der Waals surface area contributed by atoms with Gasteiger partial charge in [-0.1, -0.05) is 0 Å². The van der Waals surface area contributed by atoms with Crippen LogP contribution in [0.25, 0.3) is 0 Å². The van der Waals surface area contributed by atoms with Crippen molar-refractivity contribution in [3.63, 3.8) is 0 Å². The van der Waals surface area contributed by atoms with E-state index in [9.17, 15) is 9.18 Å². The van der Waals surface area contributed by atoms with Crippen LogP contribution in [0.3, 0.4) is 0 Å². The molecule has 5 heteroatoms. The summed E-state index contributed by atoms with van der Waals surface area (Å²) >= 11 is 0. The molecule has 0 fully saturated rings. The van der Waals surface area contributed by atoms with E-state index >= 15 is 0 Å². The Morgan fingerprint density at radius 1 is 1.33 bits per heavy atom. The van der Waals surface area contributed by atoms with Gasteiger partial charge in [-0.15, -0.1) is 0 Å². The summed E-state index contributed by atoms with van der Waals surface area (Å²) in [6.07, 6.45) is 3.03. The van der Waals surface area contributed by atoms with Crippen LogP contribution in [0.15, 0.2) is 42.7 Å².